The quantitative estimate of drug-likeness (QED) is 0.891. The molecule has 0 amide bonds. The molecule has 17 heavy (non-hydrogen) atoms. The van der Waals surface area contributed by atoms with Gasteiger partial charge in [0, 0.05) is 6.54 Å². The van der Waals surface area contributed by atoms with Gasteiger partial charge in [0.05, 0.1) is 0 Å². The van der Waals surface area contributed by atoms with E-state index in [0.29, 0.717) is 4.21 Å². The minimum Gasteiger partial charge on any atom is -0.508 e. The van der Waals surface area contributed by atoms with Crippen LogP contribution in [0.15, 0.2) is 46.0 Å². The van der Waals surface area contributed by atoms with Crippen LogP contribution in [-0.4, -0.2) is 13.5 Å². The van der Waals surface area contributed by atoms with Crippen molar-refractivity contribution >= 4 is 21.4 Å². The van der Waals surface area contributed by atoms with Crippen molar-refractivity contribution in [3.8, 4) is 5.75 Å². The lowest BCUT2D eigenvalue weighted by molar-refractivity contribution is 0.475. The molecular weight excluding hydrogens is 258 g/mol. The van der Waals surface area contributed by atoms with Gasteiger partial charge in [0.15, 0.2) is 0 Å². The Hall–Kier alpha value is -1.37. The molecule has 0 aliphatic carbocycles. The second-order valence-corrected chi connectivity index (χ2v) is 6.36. The van der Waals surface area contributed by atoms with Crippen LogP contribution in [0.1, 0.15) is 5.56 Å². The van der Waals surface area contributed by atoms with Crippen molar-refractivity contribution in [3.63, 3.8) is 0 Å². The fourth-order valence-electron chi connectivity index (χ4n) is 1.28. The third kappa shape index (κ3) is 3.06. The highest BCUT2D eigenvalue weighted by Gasteiger charge is 2.14. The van der Waals surface area contributed by atoms with Gasteiger partial charge in [0.2, 0.25) is 10.0 Å². The van der Waals surface area contributed by atoms with Gasteiger partial charge >= 0.3 is 0 Å². The van der Waals surface area contributed by atoms with Crippen LogP contribution >= 0.6 is 11.3 Å². The Morgan fingerprint density at radius 2 is 1.88 bits per heavy atom. The predicted molar refractivity (Wildman–Crippen MR) is 66.5 cm³/mol. The minimum atomic E-state index is -3.42. The first kappa shape index (κ1) is 12.1. The van der Waals surface area contributed by atoms with Crippen molar-refractivity contribution < 1.29 is 13.5 Å². The number of phenolic OH excluding ortho intramolecular Hbond substituents is 1. The molecule has 0 saturated heterocycles. The average Bonchev–Trinajstić information content (AvgIpc) is 2.82. The van der Waals surface area contributed by atoms with E-state index in [-0.39, 0.29) is 12.3 Å². The molecule has 2 aromatic rings. The van der Waals surface area contributed by atoms with E-state index in [1.165, 1.54) is 23.5 Å². The van der Waals surface area contributed by atoms with Crippen LogP contribution in [0.5, 0.6) is 5.75 Å². The molecule has 2 N–H and O–H groups in total. The average molecular weight is 269 g/mol. The Morgan fingerprint density at radius 1 is 1.18 bits per heavy atom. The number of hydrogen-bond donors (Lipinski definition) is 2. The first-order chi connectivity index (χ1) is 8.08. The molecule has 6 heteroatoms. The van der Waals surface area contributed by atoms with Gasteiger partial charge in [0.1, 0.15) is 9.96 Å². The van der Waals surface area contributed by atoms with Gasteiger partial charge in [-0.3, -0.25) is 0 Å². The molecule has 1 aromatic carbocycles. The SMILES string of the molecule is O=S(=O)(NCc1ccc(O)cc1)c1cccs1. The maximum atomic E-state index is 11.8. The van der Waals surface area contributed by atoms with Gasteiger partial charge in [-0.25, -0.2) is 13.1 Å². The van der Waals surface area contributed by atoms with Crippen molar-refractivity contribution in [3.05, 3.63) is 47.3 Å². The summed E-state index contributed by atoms with van der Waals surface area (Å²) >= 11 is 1.18. The molecular formula is C11H11NO3S2. The normalized spacial score (nSPS) is 11.5. The zero-order valence-corrected chi connectivity index (χ0v) is 10.5. The first-order valence-electron chi connectivity index (χ1n) is 4.89. The summed E-state index contributed by atoms with van der Waals surface area (Å²) in [6.07, 6.45) is 0. The van der Waals surface area contributed by atoms with Crippen LogP contribution in [0.2, 0.25) is 0 Å². The maximum absolute atomic E-state index is 11.8. The number of rotatable bonds is 4. The highest BCUT2D eigenvalue weighted by molar-refractivity contribution is 7.91. The standard InChI is InChI=1S/C11H11NO3S2/c13-10-5-3-9(4-6-10)8-12-17(14,15)11-2-1-7-16-11/h1-7,12-13H,8H2. The van der Waals surface area contributed by atoms with Crippen molar-refractivity contribution in [1.82, 2.24) is 4.72 Å². The molecule has 0 saturated carbocycles. The Kier molecular flexibility index (Phi) is 3.46. The zero-order valence-electron chi connectivity index (χ0n) is 8.83. The Balaban J connectivity index is 2.06. The van der Waals surface area contributed by atoms with Gasteiger partial charge in [-0.1, -0.05) is 18.2 Å². The van der Waals surface area contributed by atoms with E-state index in [2.05, 4.69) is 4.72 Å². The van der Waals surface area contributed by atoms with E-state index in [9.17, 15) is 8.42 Å². The summed E-state index contributed by atoms with van der Waals surface area (Å²) in [6, 6.07) is 9.64. The molecule has 0 bridgehead atoms. The lowest BCUT2D eigenvalue weighted by Gasteiger charge is -2.04. The van der Waals surface area contributed by atoms with Gasteiger partial charge in [-0.05, 0) is 29.1 Å². The smallest absolute Gasteiger partial charge is 0.250 e. The lowest BCUT2D eigenvalue weighted by Crippen LogP contribution is -2.22. The Labute approximate surface area is 104 Å². The van der Waals surface area contributed by atoms with Crippen molar-refractivity contribution in [2.45, 2.75) is 10.8 Å². The number of benzene rings is 1. The van der Waals surface area contributed by atoms with E-state index in [0.717, 1.165) is 5.56 Å². The van der Waals surface area contributed by atoms with Gasteiger partial charge in [-0.15, -0.1) is 11.3 Å². The lowest BCUT2D eigenvalue weighted by atomic mass is 10.2. The van der Waals surface area contributed by atoms with Crippen LogP contribution in [0.25, 0.3) is 0 Å². The number of sulfonamides is 1. The zero-order chi connectivity index (χ0) is 12.3. The van der Waals surface area contributed by atoms with E-state index in [1.54, 1.807) is 29.6 Å². The summed E-state index contributed by atoms with van der Waals surface area (Å²) in [5.74, 6) is 0.162. The van der Waals surface area contributed by atoms with Crippen LogP contribution in [0.3, 0.4) is 0 Å². The summed E-state index contributed by atoms with van der Waals surface area (Å²) in [7, 11) is -3.42. The molecule has 0 aliphatic rings. The highest BCUT2D eigenvalue weighted by atomic mass is 32.2. The van der Waals surface area contributed by atoms with Gasteiger partial charge in [0.25, 0.3) is 0 Å². The number of aromatic hydroxyl groups is 1. The monoisotopic (exact) mass is 269 g/mol. The van der Waals surface area contributed by atoms with E-state index in [4.69, 9.17) is 5.11 Å². The topological polar surface area (TPSA) is 66.4 Å². The Bertz CT molecular complexity index is 574. The highest BCUT2D eigenvalue weighted by Crippen LogP contribution is 2.16. The molecule has 0 fully saturated rings. The second kappa shape index (κ2) is 4.87. The minimum absolute atomic E-state index is 0.162. The fraction of sp³-hybridized carbons (Fsp3) is 0.0909. The van der Waals surface area contributed by atoms with Crippen molar-refractivity contribution in [2.75, 3.05) is 0 Å². The Morgan fingerprint density at radius 3 is 2.47 bits per heavy atom. The number of thiophene rings is 1. The van der Waals surface area contributed by atoms with Crippen LogP contribution in [-0.2, 0) is 16.6 Å². The first-order valence-corrected chi connectivity index (χ1v) is 7.25. The number of nitrogens with one attached hydrogen (secondary N) is 1. The van der Waals surface area contributed by atoms with E-state index < -0.39 is 10.0 Å². The summed E-state index contributed by atoms with van der Waals surface area (Å²) in [5.41, 5.74) is 0.794. The van der Waals surface area contributed by atoms with Gasteiger partial charge in [-0.2, -0.15) is 0 Å². The molecule has 0 atom stereocenters. The summed E-state index contributed by atoms with van der Waals surface area (Å²) in [6.45, 7) is 0.209. The molecule has 90 valence electrons. The molecule has 1 aromatic heterocycles. The van der Waals surface area contributed by atoms with Crippen LogP contribution in [0, 0.1) is 0 Å². The van der Waals surface area contributed by atoms with E-state index >= 15 is 0 Å². The predicted octanol–water partition coefficient (Wildman–Crippen LogP) is 1.93. The molecule has 1 heterocycles. The maximum Gasteiger partial charge on any atom is 0.250 e. The largest absolute Gasteiger partial charge is 0.508 e. The number of phenols is 1. The third-order valence-electron chi connectivity index (χ3n) is 2.16. The van der Waals surface area contributed by atoms with Crippen molar-refractivity contribution in [1.29, 1.82) is 0 Å². The van der Waals surface area contributed by atoms with Crippen LogP contribution < -0.4 is 4.72 Å². The molecule has 0 radical (unpaired) electrons. The second-order valence-electron chi connectivity index (χ2n) is 3.42. The molecule has 4 nitrogen and oxygen atoms in total. The van der Waals surface area contributed by atoms with Crippen molar-refractivity contribution in [2.24, 2.45) is 0 Å². The van der Waals surface area contributed by atoms with Gasteiger partial charge < -0.3 is 5.11 Å². The third-order valence-corrected chi connectivity index (χ3v) is 4.96. The molecule has 0 spiro atoms. The summed E-state index contributed by atoms with van der Waals surface area (Å²) < 4.78 is 26.4. The molecule has 0 aliphatic heterocycles. The molecule has 2 rings (SSSR count). The van der Waals surface area contributed by atoms with Crippen LogP contribution in [0.4, 0.5) is 0 Å². The summed E-state index contributed by atoms with van der Waals surface area (Å²) in [5, 5.41) is 10.8. The van der Waals surface area contributed by atoms with E-state index in [1.807, 2.05) is 0 Å². The summed E-state index contributed by atoms with van der Waals surface area (Å²) in [4.78, 5) is 0. The molecule has 0 unspecified atom stereocenters. The fourth-order valence-corrected chi connectivity index (χ4v) is 3.33. The number of hydrogen-bond acceptors (Lipinski definition) is 4.